The van der Waals surface area contributed by atoms with Crippen molar-refractivity contribution in [3.8, 4) is 0 Å². The maximum atomic E-state index is 5.78. The molecular formula is C10H10Cl. The zero-order valence-corrected chi connectivity index (χ0v) is 7.01. The Bertz CT molecular complexity index is 251. The van der Waals surface area contributed by atoms with Crippen molar-refractivity contribution in [2.75, 3.05) is 0 Å². The van der Waals surface area contributed by atoms with Gasteiger partial charge in [-0.25, -0.2) is 0 Å². The number of halogens is 1. The van der Waals surface area contributed by atoms with Gasteiger partial charge in [0.05, 0.1) is 0 Å². The first kappa shape index (κ1) is 8.35. The van der Waals surface area contributed by atoms with E-state index in [0.717, 1.165) is 11.4 Å². The van der Waals surface area contributed by atoms with Crippen LogP contribution in [-0.4, -0.2) is 0 Å². The summed E-state index contributed by atoms with van der Waals surface area (Å²) in [7, 11) is 0. The van der Waals surface area contributed by atoms with Gasteiger partial charge in [-0.3, -0.25) is 0 Å². The van der Waals surface area contributed by atoms with Crippen LogP contribution in [0.3, 0.4) is 0 Å². The van der Waals surface area contributed by atoms with Gasteiger partial charge in [0.1, 0.15) is 0 Å². The Hall–Kier alpha value is -0.750. The maximum absolute atomic E-state index is 5.78. The highest BCUT2D eigenvalue weighted by molar-refractivity contribution is 6.30. The van der Waals surface area contributed by atoms with Crippen molar-refractivity contribution in [3.63, 3.8) is 0 Å². The molecule has 1 aromatic rings. The molecule has 0 aliphatic heterocycles. The lowest BCUT2D eigenvalue weighted by atomic mass is 10.1. The van der Waals surface area contributed by atoms with Crippen LogP contribution in [0.4, 0.5) is 0 Å². The number of rotatable bonds is 2. The lowest BCUT2D eigenvalue weighted by Crippen LogP contribution is -1.78. The molecule has 1 radical (unpaired) electrons. The van der Waals surface area contributed by atoms with Gasteiger partial charge in [-0.2, -0.15) is 0 Å². The van der Waals surface area contributed by atoms with E-state index >= 15 is 0 Å². The smallest absolute Gasteiger partial charge is 0.0408 e. The van der Waals surface area contributed by atoms with Gasteiger partial charge in [0.25, 0.3) is 0 Å². The molecule has 0 aliphatic rings. The molecule has 1 aromatic carbocycles. The molecule has 0 saturated heterocycles. The lowest BCUT2D eigenvalue weighted by Gasteiger charge is -1.95. The van der Waals surface area contributed by atoms with E-state index in [-0.39, 0.29) is 0 Å². The number of hydrogen-bond donors (Lipinski definition) is 0. The van der Waals surface area contributed by atoms with E-state index < -0.39 is 0 Å². The van der Waals surface area contributed by atoms with Crippen molar-refractivity contribution in [1.82, 2.24) is 0 Å². The van der Waals surface area contributed by atoms with E-state index in [1.807, 2.05) is 30.3 Å². The SMILES string of the molecule is [CH2]C=CCc1cccc(Cl)c1. The summed E-state index contributed by atoms with van der Waals surface area (Å²) >= 11 is 5.78. The highest BCUT2D eigenvalue weighted by atomic mass is 35.5. The van der Waals surface area contributed by atoms with E-state index in [4.69, 9.17) is 11.6 Å². The molecule has 0 heterocycles. The number of hydrogen-bond acceptors (Lipinski definition) is 0. The Morgan fingerprint density at radius 1 is 1.45 bits per heavy atom. The van der Waals surface area contributed by atoms with Crippen molar-refractivity contribution >= 4 is 11.6 Å². The maximum Gasteiger partial charge on any atom is 0.0408 e. The largest absolute Gasteiger partial charge is 0.0879 e. The number of allylic oxidation sites excluding steroid dienone is 2. The summed E-state index contributed by atoms with van der Waals surface area (Å²) in [4.78, 5) is 0. The van der Waals surface area contributed by atoms with E-state index in [1.54, 1.807) is 6.08 Å². The average Bonchev–Trinajstić information content (AvgIpc) is 2.01. The second-order valence-corrected chi connectivity index (χ2v) is 2.74. The quantitative estimate of drug-likeness (QED) is 0.631. The fourth-order valence-corrected chi connectivity index (χ4v) is 1.10. The van der Waals surface area contributed by atoms with Gasteiger partial charge < -0.3 is 0 Å². The van der Waals surface area contributed by atoms with Gasteiger partial charge in [0.2, 0.25) is 0 Å². The predicted molar refractivity (Wildman–Crippen MR) is 49.7 cm³/mol. The molecule has 0 atom stereocenters. The Kier molecular flexibility index (Phi) is 3.18. The normalized spacial score (nSPS) is 10.7. The van der Waals surface area contributed by atoms with Crippen LogP contribution in [0, 0.1) is 6.92 Å². The molecule has 0 N–H and O–H groups in total. The van der Waals surface area contributed by atoms with Gasteiger partial charge in [0, 0.05) is 5.02 Å². The highest BCUT2D eigenvalue weighted by Crippen LogP contribution is 2.10. The topological polar surface area (TPSA) is 0 Å². The van der Waals surface area contributed by atoms with Crippen LogP contribution in [0.25, 0.3) is 0 Å². The molecular weight excluding hydrogens is 156 g/mol. The first-order valence-corrected chi connectivity index (χ1v) is 3.89. The molecule has 1 rings (SSSR count). The molecule has 0 unspecified atom stereocenters. The third-order valence-electron chi connectivity index (χ3n) is 1.41. The molecule has 0 bridgehead atoms. The van der Waals surface area contributed by atoms with E-state index in [1.165, 1.54) is 5.56 Å². The fourth-order valence-electron chi connectivity index (χ4n) is 0.883. The fraction of sp³-hybridized carbons (Fsp3) is 0.100. The van der Waals surface area contributed by atoms with E-state index in [2.05, 4.69) is 6.92 Å². The van der Waals surface area contributed by atoms with Crippen molar-refractivity contribution < 1.29 is 0 Å². The van der Waals surface area contributed by atoms with Crippen LogP contribution >= 0.6 is 11.6 Å². The minimum atomic E-state index is 0.792. The third kappa shape index (κ3) is 2.77. The summed E-state index contributed by atoms with van der Waals surface area (Å²) < 4.78 is 0. The van der Waals surface area contributed by atoms with Gasteiger partial charge in [-0.15, -0.1) is 0 Å². The van der Waals surface area contributed by atoms with Crippen molar-refractivity contribution in [2.45, 2.75) is 6.42 Å². The molecule has 0 fully saturated rings. The first-order chi connectivity index (χ1) is 5.33. The van der Waals surface area contributed by atoms with Crippen LogP contribution < -0.4 is 0 Å². The Morgan fingerprint density at radius 2 is 2.27 bits per heavy atom. The monoisotopic (exact) mass is 165 g/mol. The van der Waals surface area contributed by atoms with Gasteiger partial charge >= 0.3 is 0 Å². The van der Waals surface area contributed by atoms with Gasteiger partial charge in [-0.05, 0) is 31.0 Å². The van der Waals surface area contributed by atoms with Crippen LogP contribution in [-0.2, 0) is 6.42 Å². The van der Waals surface area contributed by atoms with Gasteiger partial charge in [-0.1, -0.05) is 35.9 Å². The van der Waals surface area contributed by atoms with Crippen LogP contribution in [0.1, 0.15) is 5.56 Å². The van der Waals surface area contributed by atoms with Crippen LogP contribution in [0.5, 0.6) is 0 Å². The molecule has 0 amide bonds. The van der Waals surface area contributed by atoms with Crippen molar-refractivity contribution in [1.29, 1.82) is 0 Å². The predicted octanol–water partition coefficient (Wildman–Crippen LogP) is 3.27. The summed E-state index contributed by atoms with van der Waals surface area (Å²) in [5, 5.41) is 0.792. The average molecular weight is 166 g/mol. The first-order valence-electron chi connectivity index (χ1n) is 3.51. The van der Waals surface area contributed by atoms with E-state index in [9.17, 15) is 0 Å². The zero-order valence-electron chi connectivity index (χ0n) is 6.26. The van der Waals surface area contributed by atoms with Crippen LogP contribution in [0.2, 0.25) is 5.02 Å². The second kappa shape index (κ2) is 4.20. The van der Waals surface area contributed by atoms with Crippen molar-refractivity contribution in [2.24, 2.45) is 0 Å². The molecule has 0 spiro atoms. The molecule has 0 nitrogen and oxygen atoms in total. The molecule has 0 saturated carbocycles. The van der Waals surface area contributed by atoms with Crippen LogP contribution in [0.15, 0.2) is 36.4 Å². The highest BCUT2D eigenvalue weighted by Gasteiger charge is 1.89. The zero-order chi connectivity index (χ0) is 8.10. The Labute approximate surface area is 72.5 Å². The molecule has 0 aromatic heterocycles. The molecule has 1 heteroatoms. The molecule has 0 aliphatic carbocycles. The standard InChI is InChI=1S/C10H10Cl/c1-2-3-5-9-6-4-7-10(11)8-9/h2-4,6-8H,1,5H2. The lowest BCUT2D eigenvalue weighted by molar-refractivity contribution is 1.27. The summed E-state index contributed by atoms with van der Waals surface area (Å²) in [6.45, 7) is 3.61. The third-order valence-corrected chi connectivity index (χ3v) is 1.64. The summed E-state index contributed by atoms with van der Waals surface area (Å²) in [5.74, 6) is 0. The number of benzene rings is 1. The Morgan fingerprint density at radius 3 is 2.91 bits per heavy atom. The summed E-state index contributed by atoms with van der Waals surface area (Å²) in [6.07, 6.45) is 4.70. The molecule has 11 heavy (non-hydrogen) atoms. The van der Waals surface area contributed by atoms with Crippen molar-refractivity contribution in [3.05, 3.63) is 53.9 Å². The summed E-state index contributed by atoms with van der Waals surface area (Å²) in [6, 6.07) is 7.83. The minimum Gasteiger partial charge on any atom is -0.0879 e. The summed E-state index contributed by atoms with van der Waals surface area (Å²) in [5.41, 5.74) is 1.22. The molecule has 57 valence electrons. The van der Waals surface area contributed by atoms with Gasteiger partial charge in [0.15, 0.2) is 0 Å². The minimum absolute atomic E-state index is 0.792. The van der Waals surface area contributed by atoms with E-state index in [0.29, 0.717) is 0 Å². The second-order valence-electron chi connectivity index (χ2n) is 2.31. The Balaban J connectivity index is 2.71.